The van der Waals surface area contributed by atoms with Crippen molar-refractivity contribution in [3.8, 4) is 0 Å². The van der Waals surface area contributed by atoms with Crippen LogP contribution in [0.2, 0.25) is 0 Å². The summed E-state index contributed by atoms with van der Waals surface area (Å²) in [7, 11) is 0. The Hall–Kier alpha value is -1.84. The van der Waals surface area contributed by atoms with Gasteiger partial charge in [0.2, 0.25) is 0 Å². The van der Waals surface area contributed by atoms with E-state index < -0.39 is 11.5 Å². The number of amides is 1. The van der Waals surface area contributed by atoms with E-state index in [1.807, 2.05) is 6.07 Å². The first-order chi connectivity index (χ1) is 8.11. The molecule has 0 heterocycles. The van der Waals surface area contributed by atoms with Crippen LogP contribution in [0.4, 0.5) is 0 Å². The topological polar surface area (TPSA) is 66.4 Å². The number of carbonyl (C=O) groups excluding carboxylic acids is 1. The summed E-state index contributed by atoms with van der Waals surface area (Å²) in [5.74, 6) is -1.05. The van der Waals surface area contributed by atoms with E-state index in [9.17, 15) is 9.59 Å². The smallest absolute Gasteiger partial charge is 0.305 e. The van der Waals surface area contributed by atoms with Gasteiger partial charge in [-0.2, -0.15) is 0 Å². The first kappa shape index (κ1) is 11.6. The Morgan fingerprint density at radius 2 is 1.88 bits per heavy atom. The fraction of sp³-hybridized carbons (Fsp3) is 0.385. The average Bonchev–Trinajstić information content (AvgIpc) is 2.26. The fourth-order valence-corrected chi connectivity index (χ4v) is 2.14. The molecule has 1 saturated carbocycles. The van der Waals surface area contributed by atoms with Gasteiger partial charge in [-0.05, 0) is 31.4 Å². The average molecular weight is 233 g/mol. The van der Waals surface area contributed by atoms with Crippen LogP contribution in [0.1, 0.15) is 36.0 Å². The lowest BCUT2D eigenvalue weighted by molar-refractivity contribution is -0.139. The molecule has 1 aromatic rings. The lowest BCUT2D eigenvalue weighted by Gasteiger charge is -2.41. The van der Waals surface area contributed by atoms with Crippen LogP contribution in [0.5, 0.6) is 0 Å². The number of rotatable bonds is 4. The molecule has 1 fully saturated rings. The predicted octanol–water partition coefficient (Wildman–Crippen LogP) is 1.81. The van der Waals surface area contributed by atoms with E-state index in [1.54, 1.807) is 24.3 Å². The summed E-state index contributed by atoms with van der Waals surface area (Å²) in [4.78, 5) is 22.7. The molecule has 0 atom stereocenters. The van der Waals surface area contributed by atoms with Gasteiger partial charge in [-0.15, -0.1) is 0 Å². The number of carboxylic acids is 1. The Morgan fingerprint density at radius 3 is 2.35 bits per heavy atom. The second kappa shape index (κ2) is 4.57. The van der Waals surface area contributed by atoms with Gasteiger partial charge in [0.25, 0.3) is 5.91 Å². The molecule has 90 valence electrons. The molecule has 2 N–H and O–H groups in total. The zero-order chi connectivity index (χ0) is 12.3. The van der Waals surface area contributed by atoms with Crippen molar-refractivity contribution in [2.24, 2.45) is 0 Å². The number of carboxylic acid groups (broad SMARTS) is 1. The predicted molar refractivity (Wildman–Crippen MR) is 62.7 cm³/mol. The van der Waals surface area contributed by atoms with Crippen LogP contribution in [-0.4, -0.2) is 22.5 Å². The molecule has 2 rings (SSSR count). The Balaban J connectivity index is 2.05. The summed E-state index contributed by atoms with van der Waals surface area (Å²) in [5, 5.41) is 11.7. The summed E-state index contributed by atoms with van der Waals surface area (Å²) in [6, 6.07) is 8.87. The highest BCUT2D eigenvalue weighted by atomic mass is 16.4. The Kier molecular flexibility index (Phi) is 3.13. The van der Waals surface area contributed by atoms with Crippen LogP contribution in [0.25, 0.3) is 0 Å². The maximum atomic E-state index is 11.9. The van der Waals surface area contributed by atoms with Crippen LogP contribution in [0.15, 0.2) is 30.3 Å². The molecule has 0 unspecified atom stereocenters. The molecule has 17 heavy (non-hydrogen) atoms. The second-order valence-electron chi connectivity index (χ2n) is 4.52. The molecule has 0 aromatic heterocycles. The van der Waals surface area contributed by atoms with Crippen molar-refractivity contribution in [1.29, 1.82) is 0 Å². The molecule has 1 aromatic carbocycles. The van der Waals surface area contributed by atoms with E-state index in [-0.39, 0.29) is 12.3 Å². The molecule has 0 bridgehead atoms. The van der Waals surface area contributed by atoms with E-state index in [1.165, 1.54) is 0 Å². The summed E-state index contributed by atoms with van der Waals surface area (Å²) >= 11 is 0. The van der Waals surface area contributed by atoms with Crippen molar-refractivity contribution in [3.05, 3.63) is 35.9 Å². The van der Waals surface area contributed by atoms with Crippen molar-refractivity contribution in [2.75, 3.05) is 0 Å². The third-order valence-corrected chi connectivity index (χ3v) is 3.21. The lowest BCUT2D eigenvalue weighted by atomic mass is 9.74. The summed E-state index contributed by atoms with van der Waals surface area (Å²) in [6.45, 7) is 0. The van der Waals surface area contributed by atoms with Gasteiger partial charge in [0.05, 0.1) is 12.0 Å². The van der Waals surface area contributed by atoms with Crippen LogP contribution in [-0.2, 0) is 4.79 Å². The molecule has 4 nitrogen and oxygen atoms in total. The highest BCUT2D eigenvalue weighted by Gasteiger charge is 2.40. The maximum absolute atomic E-state index is 11.9. The number of hydrogen-bond donors (Lipinski definition) is 2. The molecular weight excluding hydrogens is 218 g/mol. The molecule has 0 radical (unpaired) electrons. The minimum atomic E-state index is -0.863. The standard InChI is InChI=1S/C13H15NO3/c15-11(16)9-13(7-4-8-13)14-12(17)10-5-2-1-3-6-10/h1-3,5-6H,4,7-9H2,(H,14,17)(H,15,16). The van der Waals surface area contributed by atoms with Crippen molar-refractivity contribution in [3.63, 3.8) is 0 Å². The quantitative estimate of drug-likeness (QED) is 0.833. The monoisotopic (exact) mass is 233 g/mol. The van der Waals surface area contributed by atoms with E-state index >= 15 is 0 Å². The molecule has 4 heteroatoms. The summed E-state index contributed by atoms with van der Waals surface area (Å²) < 4.78 is 0. The maximum Gasteiger partial charge on any atom is 0.305 e. The Bertz CT molecular complexity index is 424. The Morgan fingerprint density at radius 1 is 1.24 bits per heavy atom. The summed E-state index contributed by atoms with van der Waals surface area (Å²) in [5.41, 5.74) is 0.0443. The first-order valence-corrected chi connectivity index (χ1v) is 5.71. The lowest BCUT2D eigenvalue weighted by Crippen LogP contribution is -2.54. The molecule has 1 amide bonds. The molecule has 0 aliphatic heterocycles. The van der Waals surface area contributed by atoms with Crippen molar-refractivity contribution < 1.29 is 14.7 Å². The van der Waals surface area contributed by atoms with Crippen LogP contribution < -0.4 is 5.32 Å². The Labute approximate surface area is 99.6 Å². The van der Waals surface area contributed by atoms with E-state index in [4.69, 9.17) is 5.11 Å². The van der Waals surface area contributed by atoms with E-state index in [0.29, 0.717) is 5.56 Å². The molecule has 1 aliphatic carbocycles. The van der Waals surface area contributed by atoms with E-state index in [0.717, 1.165) is 19.3 Å². The van der Waals surface area contributed by atoms with Gasteiger partial charge >= 0.3 is 5.97 Å². The van der Waals surface area contributed by atoms with Crippen LogP contribution in [0, 0.1) is 0 Å². The zero-order valence-electron chi connectivity index (χ0n) is 9.48. The third kappa shape index (κ3) is 2.64. The normalized spacial score (nSPS) is 16.9. The molecule has 0 saturated heterocycles. The molecule has 0 spiro atoms. The second-order valence-corrected chi connectivity index (χ2v) is 4.52. The van der Waals surface area contributed by atoms with Gasteiger partial charge < -0.3 is 10.4 Å². The number of nitrogens with one attached hydrogen (secondary N) is 1. The largest absolute Gasteiger partial charge is 0.481 e. The SMILES string of the molecule is O=C(O)CC1(NC(=O)c2ccccc2)CCC1. The number of aliphatic carboxylic acids is 1. The fourth-order valence-electron chi connectivity index (χ4n) is 2.14. The van der Waals surface area contributed by atoms with Gasteiger partial charge in [-0.3, -0.25) is 9.59 Å². The summed E-state index contributed by atoms with van der Waals surface area (Å²) in [6.07, 6.45) is 2.48. The van der Waals surface area contributed by atoms with Gasteiger partial charge in [0.15, 0.2) is 0 Å². The third-order valence-electron chi connectivity index (χ3n) is 3.21. The zero-order valence-corrected chi connectivity index (χ0v) is 9.48. The molecule has 1 aliphatic rings. The number of carbonyl (C=O) groups is 2. The number of benzene rings is 1. The number of hydrogen-bond acceptors (Lipinski definition) is 2. The van der Waals surface area contributed by atoms with Crippen molar-refractivity contribution in [2.45, 2.75) is 31.2 Å². The van der Waals surface area contributed by atoms with Crippen molar-refractivity contribution in [1.82, 2.24) is 5.32 Å². The molecular formula is C13H15NO3. The minimum absolute atomic E-state index is 0.00553. The van der Waals surface area contributed by atoms with Crippen LogP contribution >= 0.6 is 0 Å². The van der Waals surface area contributed by atoms with Gasteiger partial charge in [-0.1, -0.05) is 18.2 Å². The minimum Gasteiger partial charge on any atom is -0.481 e. The van der Waals surface area contributed by atoms with Crippen molar-refractivity contribution >= 4 is 11.9 Å². The van der Waals surface area contributed by atoms with Gasteiger partial charge in [0.1, 0.15) is 0 Å². The van der Waals surface area contributed by atoms with Gasteiger partial charge in [0, 0.05) is 5.56 Å². The first-order valence-electron chi connectivity index (χ1n) is 5.71. The van der Waals surface area contributed by atoms with E-state index in [2.05, 4.69) is 5.32 Å². The van der Waals surface area contributed by atoms with Gasteiger partial charge in [-0.25, -0.2) is 0 Å². The highest BCUT2D eigenvalue weighted by molar-refractivity contribution is 5.95. The van der Waals surface area contributed by atoms with Crippen LogP contribution in [0.3, 0.4) is 0 Å². The highest BCUT2D eigenvalue weighted by Crippen LogP contribution is 2.35.